The number of benzene rings is 1. The predicted octanol–water partition coefficient (Wildman–Crippen LogP) is 2.39. The summed E-state index contributed by atoms with van der Waals surface area (Å²) in [5, 5.41) is 0. The lowest BCUT2D eigenvalue weighted by Crippen LogP contribution is -2.32. The summed E-state index contributed by atoms with van der Waals surface area (Å²) in [6, 6.07) is 3.51. The fourth-order valence-electron chi connectivity index (χ4n) is 3.01. The maximum absolute atomic E-state index is 13.2. The fraction of sp³-hybridized carbons (Fsp3) is 0.400. The van der Waals surface area contributed by atoms with Crippen molar-refractivity contribution in [3.05, 3.63) is 47.8 Å². The second-order valence-corrected chi connectivity index (χ2v) is 7.44. The van der Waals surface area contributed by atoms with E-state index >= 15 is 0 Å². The monoisotopic (exact) mass is 323 g/mol. The average molecular weight is 323 g/mol. The third-order valence-electron chi connectivity index (χ3n) is 4.08. The maximum Gasteiger partial charge on any atom is 0.244 e. The van der Waals surface area contributed by atoms with Gasteiger partial charge in [0.05, 0.1) is 10.9 Å². The van der Waals surface area contributed by atoms with Crippen LogP contribution in [-0.2, 0) is 17.1 Å². The molecule has 0 saturated carbocycles. The van der Waals surface area contributed by atoms with Gasteiger partial charge in [-0.15, -0.1) is 0 Å². The van der Waals surface area contributed by atoms with Crippen molar-refractivity contribution in [1.29, 1.82) is 0 Å². The normalized spacial score (nSPS) is 19.7. The van der Waals surface area contributed by atoms with E-state index in [0.29, 0.717) is 12.1 Å². The maximum atomic E-state index is 13.2. The minimum atomic E-state index is -3.66. The standard InChI is InChI=1S/C15H18FN3O2S/c1-11-10-12(16)5-6-14(11)22(20,21)19-8-3-4-13(19)15-17-7-9-18(15)2/h5-7,9-10,13H,3-4,8H2,1-2H3. The highest BCUT2D eigenvalue weighted by atomic mass is 32.2. The third kappa shape index (κ3) is 2.44. The molecule has 5 nitrogen and oxygen atoms in total. The largest absolute Gasteiger partial charge is 0.337 e. The number of imidazole rings is 1. The minimum absolute atomic E-state index is 0.162. The third-order valence-corrected chi connectivity index (χ3v) is 6.15. The Bertz CT molecular complexity index is 801. The van der Waals surface area contributed by atoms with Gasteiger partial charge in [0.25, 0.3) is 0 Å². The van der Waals surface area contributed by atoms with Gasteiger partial charge < -0.3 is 4.57 Å². The summed E-state index contributed by atoms with van der Waals surface area (Å²) in [5.74, 6) is 0.305. The average Bonchev–Trinajstić information content (AvgIpc) is 3.06. The molecule has 1 aromatic heterocycles. The number of aryl methyl sites for hydroxylation is 2. The van der Waals surface area contributed by atoms with Crippen molar-refractivity contribution in [3.8, 4) is 0 Å². The van der Waals surface area contributed by atoms with Crippen molar-refractivity contribution < 1.29 is 12.8 Å². The summed E-state index contributed by atoms with van der Waals surface area (Å²) in [6.45, 7) is 2.07. The van der Waals surface area contributed by atoms with Crippen LogP contribution in [0.5, 0.6) is 0 Å². The molecule has 0 bridgehead atoms. The number of rotatable bonds is 3. The first kappa shape index (κ1) is 15.2. The van der Waals surface area contributed by atoms with E-state index < -0.39 is 15.8 Å². The number of nitrogens with zero attached hydrogens (tertiary/aromatic N) is 3. The molecule has 1 aliphatic heterocycles. The number of halogens is 1. The molecule has 1 fully saturated rings. The van der Waals surface area contributed by atoms with Gasteiger partial charge in [-0.25, -0.2) is 17.8 Å². The van der Waals surface area contributed by atoms with Crippen LogP contribution in [0.4, 0.5) is 4.39 Å². The second-order valence-electron chi connectivity index (χ2n) is 5.58. The van der Waals surface area contributed by atoms with E-state index in [1.54, 1.807) is 13.1 Å². The molecule has 1 atom stereocenters. The first-order valence-corrected chi connectivity index (χ1v) is 8.60. The van der Waals surface area contributed by atoms with Crippen LogP contribution in [-0.4, -0.2) is 28.8 Å². The van der Waals surface area contributed by atoms with Gasteiger partial charge in [0.15, 0.2) is 0 Å². The zero-order chi connectivity index (χ0) is 15.9. The molecule has 0 amide bonds. The molecule has 0 N–H and O–H groups in total. The molecule has 2 aromatic rings. The van der Waals surface area contributed by atoms with E-state index in [9.17, 15) is 12.8 Å². The van der Waals surface area contributed by atoms with Crippen LogP contribution in [0, 0.1) is 12.7 Å². The molecule has 2 heterocycles. The second kappa shape index (κ2) is 5.48. The van der Waals surface area contributed by atoms with Crippen LogP contribution in [0.3, 0.4) is 0 Å². The van der Waals surface area contributed by atoms with Gasteiger partial charge >= 0.3 is 0 Å². The Balaban J connectivity index is 2.03. The van der Waals surface area contributed by atoms with Crippen molar-refractivity contribution >= 4 is 10.0 Å². The van der Waals surface area contributed by atoms with Crippen molar-refractivity contribution in [1.82, 2.24) is 13.9 Å². The fourth-order valence-corrected chi connectivity index (χ4v) is 4.88. The van der Waals surface area contributed by atoms with Crippen LogP contribution in [0.2, 0.25) is 0 Å². The quantitative estimate of drug-likeness (QED) is 0.871. The molecule has 0 radical (unpaired) electrons. The molecule has 0 aliphatic carbocycles. The molecule has 22 heavy (non-hydrogen) atoms. The molecule has 1 unspecified atom stereocenters. The molecule has 1 saturated heterocycles. The van der Waals surface area contributed by atoms with E-state index in [-0.39, 0.29) is 10.9 Å². The lowest BCUT2D eigenvalue weighted by Gasteiger charge is -2.24. The van der Waals surface area contributed by atoms with Crippen LogP contribution in [0.1, 0.15) is 30.3 Å². The Morgan fingerprint density at radius 2 is 2.14 bits per heavy atom. The van der Waals surface area contributed by atoms with Gasteiger partial charge in [-0.05, 0) is 43.5 Å². The van der Waals surface area contributed by atoms with E-state index in [2.05, 4.69) is 4.98 Å². The summed E-state index contributed by atoms with van der Waals surface area (Å²) in [5.41, 5.74) is 0.422. The van der Waals surface area contributed by atoms with E-state index in [4.69, 9.17) is 0 Å². The molecule has 1 aliphatic rings. The Kier molecular flexibility index (Phi) is 3.78. The topological polar surface area (TPSA) is 55.2 Å². The Morgan fingerprint density at radius 3 is 2.77 bits per heavy atom. The van der Waals surface area contributed by atoms with Gasteiger partial charge in [0.2, 0.25) is 10.0 Å². The van der Waals surface area contributed by atoms with Crippen molar-refractivity contribution in [2.24, 2.45) is 7.05 Å². The predicted molar refractivity (Wildman–Crippen MR) is 80.2 cm³/mol. The van der Waals surface area contributed by atoms with Crippen LogP contribution in [0.25, 0.3) is 0 Å². The zero-order valence-electron chi connectivity index (χ0n) is 12.5. The summed E-state index contributed by atoms with van der Waals surface area (Å²) < 4.78 is 42.5. The van der Waals surface area contributed by atoms with Gasteiger partial charge in [-0.3, -0.25) is 0 Å². The smallest absolute Gasteiger partial charge is 0.244 e. The van der Waals surface area contributed by atoms with Gasteiger partial charge in [0.1, 0.15) is 11.6 Å². The highest BCUT2D eigenvalue weighted by molar-refractivity contribution is 7.89. The van der Waals surface area contributed by atoms with Gasteiger partial charge in [-0.1, -0.05) is 0 Å². The summed E-state index contributed by atoms with van der Waals surface area (Å²) in [4.78, 5) is 4.45. The summed E-state index contributed by atoms with van der Waals surface area (Å²) in [7, 11) is -1.81. The number of hydrogen-bond donors (Lipinski definition) is 0. The number of sulfonamides is 1. The number of hydrogen-bond acceptors (Lipinski definition) is 3. The van der Waals surface area contributed by atoms with Crippen molar-refractivity contribution in [2.75, 3.05) is 6.54 Å². The van der Waals surface area contributed by atoms with Crippen molar-refractivity contribution in [2.45, 2.75) is 30.7 Å². The van der Waals surface area contributed by atoms with Gasteiger partial charge in [0, 0.05) is 26.0 Å². The highest BCUT2D eigenvalue weighted by Crippen LogP contribution is 2.36. The first-order valence-electron chi connectivity index (χ1n) is 7.16. The van der Waals surface area contributed by atoms with E-state index in [1.165, 1.54) is 22.5 Å². The molecule has 7 heteroatoms. The molecule has 3 rings (SSSR count). The molecular formula is C15H18FN3O2S. The van der Waals surface area contributed by atoms with Crippen LogP contribution < -0.4 is 0 Å². The highest BCUT2D eigenvalue weighted by Gasteiger charge is 2.38. The SMILES string of the molecule is Cc1cc(F)ccc1S(=O)(=O)N1CCCC1c1nccn1C. The molecular weight excluding hydrogens is 305 g/mol. The van der Waals surface area contributed by atoms with E-state index in [0.717, 1.165) is 18.7 Å². The lowest BCUT2D eigenvalue weighted by atomic mass is 10.2. The Hall–Kier alpha value is -1.73. The van der Waals surface area contributed by atoms with Crippen LogP contribution in [0.15, 0.2) is 35.5 Å². The Labute approximate surface area is 129 Å². The lowest BCUT2D eigenvalue weighted by molar-refractivity contribution is 0.377. The molecule has 1 aromatic carbocycles. The minimum Gasteiger partial charge on any atom is -0.337 e. The molecule has 0 spiro atoms. The van der Waals surface area contributed by atoms with E-state index in [1.807, 2.05) is 17.8 Å². The van der Waals surface area contributed by atoms with Gasteiger partial charge in [-0.2, -0.15) is 4.31 Å². The first-order chi connectivity index (χ1) is 10.4. The van der Waals surface area contributed by atoms with Crippen molar-refractivity contribution in [3.63, 3.8) is 0 Å². The zero-order valence-corrected chi connectivity index (χ0v) is 13.3. The summed E-state index contributed by atoms with van der Waals surface area (Å²) in [6.07, 6.45) is 5.00. The van der Waals surface area contributed by atoms with Crippen LogP contribution >= 0.6 is 0 Å². The Morgan fingerprint density at radius 1 is 1.36 bits per heavy atom. The summed E-state index contributed by atoms with van der Waals surface area (Å²) >= 11 is 0. The number of aromatic nitrogens is 2. The molecule has 118 valence electrons.